The fraction of sp³-hybridized carbons (Fsp3) is 0.375. The highest BCUT2D eigenvalue weighted by Crippen LogP contribution is 2.26. The highest BCUT2D eigenvalue weighted by Gasteiger charge is 2.27. The van der Waals surface area contributed by atoms with Crippen LogP contribution in [0.25, 0.3) is 16.9 Å². The van der Waals surface area contributed by atoms with Crippen LogP contribution in [0.15, 0.2) is 59.9 Å². The molecule has 1 fully saturated rings. The molecule has 2 aromatic heterocycles. The Bertz CT molecular complexity index is 1060. The maximum absolute atomic E-state index is 12.6. The fourth-order valence-electron chi connectivity index (χ4n) is 3.85. The lowest BCUT2D eigenvalue weighted by atomic mass is 10.1. The van der Waals surface area contributed by atoms with Crippen molar-refractivity contribution < 1.29 is 9.63 Å². The predicted octanol–water partition coefficient (Wildman–Crippen LogP) is 3.45. The molecule has 31 heavy (non-hydrogen) atoms. The zero-order valence-electron chi connectivity index (χ0n) is 18.4. The highest BCUT2D eigenvalue weighted by molar-refractivity contribution is 5.81. The molecule has 3 heterocycles. The summed E-state index contributed by atoms with van der Waals surface area (Å²) in [6, 6.07) is 16.4. The summed E-state index contributed by atoms with van der Waals surface area (Å²) in [5.74, 6) is -0.00979. The molecule has 0 N–H and O–H groups in total. The number of carbonyl (C=O) groups excluding carboxylic acids is 1. The van der Waals surface area contributed by atoms with Gasteiger partial charge < -0.3 is 14.1 Å². The van der Waals surface area contributed by atoms with E-state index < -0.39 is 6.10 Å². The molecule has 0 saturated carbocycles. The molecule has 7 nitrogen and oxygen atoms in total. The minimum Gasteiger partial charge on any atom is -0.383 e. The number of carbonyl (C=O) groups is 1. The van der Waals surface area contributed by atoms with Crippen LogP contribution < -0.4 is 0 Å². The summed E-state index contributed by atoms with van der Waals surface area (Å²) < 4.78 is 2.17. The van der Waals surface area contributed by atoms with Crippen LogP contribution in [0.1, 0.15) is 26.5 Å². The second-order valence-corrected chi connectivity index (χ2v) is 8.09. The summed E-state index contributed by atoms with van der Waals surface area (Å²) in [6.07, 6.45) is 1.50. The predicted molar refractivity (Wildman–Crippen MR) is 122 cm³/mol. The molecule has 0 radical (unpaired) electrons. The van der Waals surface area contributed by atoms with Gasteiger partial charge in [-0.05, 0) is 32.9 Å². The van der Waals surface area contributed by atoms with Crippen LogP contribution >= 0.6 is 0 Å². The van der Waals surface area contributed by atoms with Crippen molar-refractivity contribution in [3.8, 4) is 11.3 Å². The van der Waals surface area contributed by atoms with Gasteiger partial charge in [-0.2, -0.15) is 0 Å². The first-order valence-corrected chi connectivity index (χ1v) is 10.7. The number of nitrogens with zero attached hydrogens (tertiary/aromatic N) is 5. The number of rotatable bonds is 6. The number of amides is 1. The molecule has 4 rings (SSSR count). The van der Waals surface area contributed by atoms with Gasteiger partial charge in [0.2, 0.25) is 6.10 Å². The zero-order valence-corrected chi connectivity index (χ0v) is 18.4. The second kappa shape index (κ2) is 9.31. The average Bonchev–Trinajstić information content (AvgIpc) is 3.16. The number of pyridine rings is 1. The quantitative estimate of drug-likeness (QED) is 0.454. The second-order valence-electron chi connectivity index (χ2n) is 8.09. The summed E-state index contributed by atoms with van der Waals surface area (Å²) in [5.41, 5.74) is 5.05. The van der Waals surface area contributed by atoms with Gasteiger partial charge >= 0.3 is 0 Å². The molecule has 1 unspecified atom stereocenters. The van der Waals surface area contributed by atoms with Gasteiger partial charge in [-0.3, -0.25) is 9.69 Å². The van der Waals surface area contributed by atoms with Crippen molar-refractivity contribution in [2.24, 2.45) is 5.16 Å². The Morgan fingerprint density at radius 3 is 2.48 bits per heavy atom. The van der Waals surface area contributed by atoms with E-state index >= 15 is 0 Å². The van der Waals surface area contributed by atoms with Gasteiger partial charge in [0.05, 0.1) is 17.1 Å². The smallest absolute Gasteiger partial charge is 0.266 e. The van der Waals surface area contributed by atoms with E-state index in [1.165, 1.54) is 5.69 Å². The van der Waals surface area contributed by atoms with Gasteiger partial charge in [-0.25, -0.2) is 4.98 Å². The zero-order chi connectivity index (χ0) is 21.8. The van der Waals surface area contributed by atoms with Crippen molar-refractivity contribution in [2.75, 3.05) is 26.2 Å². The summed E-state index contributed by atoms with van der Waals surface area (Å²) >= 11 is 0. The Labute approximate surface area is 182 Å². The van der Waals surface area contributed by atoms with Crippen molar-refractivity contribution in [3.63, 3.8) is 0 Å². The molecule has 1 atom stereocenters. The number of imidazole rings is 1. The van der Waals surface area contributed by atoms with Gasteiger partial charge in [0.1, 0.15) is 5.65 Å². The normalized spacial score (nSPS) is 15.6. The van der Waals surface area contributed by atoms with Crippen molar-refractivity contribution >= 4 is 17.3 Å². The van der Waals surface area contributed by atoms with Gasteiger partial charge in [0, 0.05) is 44.5 Å². The SMILES string of the molecule is CC(C)=NOC(C)C(=O)N1CCN(Cc2c(-c3ccccc3)nc3ccccn23)CC1. The molecule has 0 aliphatic carbocycles. The van der Waals surface area contributed by atoms with Crippen LogP contribution in [0.3, 0.4) is 0 Å². The monoisotopic (exact) mass is 419 g/mol. The summed E-state index contributed by atoms with van der Waals surface area (Å²) in [7, 11) is 0. The van der Waals surface area contributed by atoms with Crippen LogP contribution in [0.4, 0.5) is 0 Å². The molecule has 1 aromatic carbocycles. The van der Waals surface area contributed by atoms with Crippen LogP contribution in [0, 0.1) is 0 Å². The first kappa shape index (κ1) is 21.1. The number of hydrogen-bond donors (Lipinski definition) is 0. The Balaban J connectivity index is 1.47. The van der Waals surface area contributed by atoms with Crippen LogP contribution in [-0.4, -0.2) is 63.1 Å². The van der Waals surface area contributed by atoms with E-state index in [2.05, 4.69) is 32.8 Å². The number of piperazine rings is 1. The van der Waals surface area contributed by atoms with Gasteiger partial charge in [0.25, 0.3) is 5.91 Å². The summed E-state index contributed by atoms with van der Waals surface area (Å²) in [5, 5.41) is 3.92. The number of oxime groups is 1. The van der Waals surface area contributed by atoms with E-state index in [4.69, 9.17) is 9.82 Å². The maximum Gasteiger partial charge on any atom is 0.266 e. The van der Waals surface area contributed by atoms with Crippen LogP contribution in [0.2, 0.25) is 0 Å². The lowest BCUT2D eigenvalue weighted by Crippen LogP contribution is -2.51. The molecule has 7 heteroatoms. The number of benzene rings is 1. The standard InChI is InChI=1S/C24H29N5O2/c1-18(2)26-31-19(3)24(30)28-15-13-27(14-16-28)17-21-23(20-9-5-4-6-10-20)25-22-11-7-8-12-29(21)22/h4-12,19H,13-17H2,1-3H3. The van der Waals surface area contributed by atoms with Gasteiger partial charge in [-0.15, -0.1) is 0 Å². The Kier molecular flexibility index (Phi) is 6.32. The molecule has 1 saturated heterocycles. The molecule has 0 bridgehead atoms. The number of hydrogen-bond acceptors (Lipinski definition) is 5. The van der Waals surface area contributed by atoms with Crippen molar-refractivity contribution in [2.45, 2.75) is 33.4 Å². The first-order valence-electron chi connectivity index (χ1n) is 10.7. The van der Waals surface area contributed by atoms with E-state index in [0.29, 0.717) is 13.1 Å². The molecule has 1 amide bonds. The Morgan fingerprint density at radius 1 is 1.06 bits per heavy atom. The third kappa shape index (κ3) is 4.77. The minimum absolute atomic E-state index is 0.00979. The molecular weight excluding hydrogens is 390 g/mol. The molecule has 0 spiro atoms. The fourth-order valence-corrected chi connectivity index (χ4v) is 3.85. The van der Waals surface area contributed by atoms with E-state index in [1.54, 1.807) is 6.92 Å². The summed E-state index contributed by atoms with van der Waals surface area (Å²) in [6.45, 7) is 9.21. The van der Waals surface area contributed by atoms with Gasteiger partial charge in [0.15, 0.2) is 0 Å². The van der Waals surface area contributed by atoms with Crippen molar-refractivity contribution in [1.82, 2.24) is 19.2 Å². The van der Waals surface area contributed by atoms with E-state index in [1.807, 2.05) is 55.1 Å². The van der Waals surface area contributed by atoms with Gasteiger partial charge in [-0.1, -0.05) is 41.6 Å². The minimum atomic E-state index is -0.565. The third-order valence-electron chi connectivity index (χ3n) is 5.47. The Morgan fingerprint density at radius 2 is 1.77 bits per heavy atom. The lowest BCUT2D eigenvalue weighted by Gasteiger charge is -2.35. The average molecular weight is 420 g/mol. The topological polar surface area (TPSA) is 62.4 Å². The van der Waals surface area contributed by atoms with Crippen LogP contribution in [-0.2, 0) is 16.2 Å². The van der Waals surface area contributed by atoms with Crippen LogP contribution in [0.5, 0.6) is 0 Å². The molecule has 162 valence electrons. The first-order chi connectivity index (χ1) is 15.0. The van der Waals surface area contributed by atoms with Crippen molar-refractivity contribution in [3.05, 3.63) is 60.4 Å². The molecule has 1 aliphatic rings. The van der Waals surface area contributed by atoms with E-state index in [-0.39, 0.29) is 5.91 Å². The largest absolute Gasteiger partial charge is 0.383 e. The van der Waals surface area contributed by atoms with E-state index in [0.717, 1.165) is 42.3 Å². The lowest BCUT2D eigenvalue weighted by molar-refractivity contribution is -0.144. The molecular formula is C24H29N5O2. The highest BCUT2D eigenvalue weighted by atomic mass is 16.6. The Hall–Kier alpha value is -3.19. The summed E-state index contributed by atoms with van der Waals surface area (Å²) in [4.78, 5) is 27.1. The third-order valence-corrected chi connectivity index (χ3v) is 5.47. The number of aromatic nitrogens is 2. The molecule has 1 aliphatic heterocycles. The molecule has 3 aromatic rings. The van der Waals surface area contributed by atoms with Crippen molar-refractivity contribution in [1.29, 1.82) is 0 Å². The maximum atomic E-state index is 12.6. The number of fused-ring (bicyclic) bond motifs is 1. The van der Waals surface area contributed by atoms with E-state index in [9.17, 15) is 4.79 Å².